The third-order valence-electron chi connectivity index (χ3n) is 3.90. The Morgan fingerprint density at radius 3 is 2.73 bits per heavy atom. The average molecular weight is 293 g/mol. The van der Waals surface area contributed by atoms with Gasteiger partial charge in [-0.15, -0.1) is 0 Å². The predicted molar refractivity (Wildman–Crippen MR) is 87.8 cm³/mol. The highest BCUT2D eigenvalue weighted by Gasteiger charge is 2.11. The maximum atomic E-state index is 10.4. The summed E-state index contributed by atoms with van der Waals surface area (Å²) < 4.78 is 2.24. The van der Waals surface area contributed by atoms with Crippen LogP contribution in [0.1, 0.15) is 17.0 Å². The topological polar surface area (TPSA) is 46.9 Å². The molecule has 1 aromatic heterocycles. The zero-order chi connectivity index (χ0) is 15.4. The molecule has 3 aromatic rings. The average Bonchev–Trinajstić information content (AvgIpc) is 2.88. The molecule has 0 saturated heterocycles. The molecule has 0 radical (unpaired) electrons. The van der Waals surface area contributed by atoms with Crippen molar-refractivity contribution >= 4 is 17.4 Å². The molecular weight excluding hydrogens is 274 g/mol. The molecule has 112 valence electrons. The number of hydrogen-bond acceptors (Lipinski definition) is 2. The number of aryl methyl sites for hydroxylation is 1. The van der Waals surface area contributed by atoms with Gasteiger partial charge in [-0.05, 0) is 30.2 Å². The first-order chi connectivity index (χ1) is 10.8. The van der Waals surface area contributed by atoms with E-state index < -0.39 is 0 Å². The highest BCUT2D eigenvalue weighted by molar-refractivity contribution is 5.76. The van der Waals surface area contributed by atoms with E-state index in [-0.39, 0.29) is 0 Å². The first-order valence-corrected chi connectivity index (χ1v) is 7.45. The number of fused-ring (bicyclic) bond motifs is 1. The quantitative estimate of drug-likeness (QED) is 0.561. The van der Waals surface area contributed by atoms with Gasteiger partial charge in [-0.1, -0.05) is 36.4 Å². The summed E-state index contributed by atoms with van der Waals surface area (Å²) in [5, 5.41) is 2.71. The number of carbonyl (C=O) groups excluding carboxylic acids is 1. The van der Waals surface area contributed by atoms with Crippen LogP contribution in [0.2, 0.25) is 0 Å². The fourth-order valence-corrected chi connectivity index (χ4v) is 2.69. The fourth-order valence-electron chi connectivity index (χ4n) is 2.69. The Morgan fingerprint density at radius 1 is 1.14 bits per heavy atom. The maximum absolute atomic E-state index is 10.4. The molecule has 4 heteroatoms. The van der Waals surface area contributed by atoms with Gasteiger partial charge in [0.25, 0.3) is 0 Å². The van der Waals surface area contributed by atoms with Crippen LogP contribution in [-0.4, -0.2) is 22.5 Å². The monoisotopic (exact) mass is 293 g/mol. The first kappa shape index (κ1) is 14.3. The van der Waals surface area contributed by atoms with Gasteiger partial charge in [-0.3, -0.25) is 4.79 Å². The number of aromatic nitrogens is 2. The Balaban J connectivity index is 1.99. The summed E-state index contributed by atoms with van der Waals surface area (Å²) in [4.78, 5) is 15.2. The molecule has 0 unspecified atom stereocenters. The molecule has 1 heterocycles. The zero-order valence-electron chi connectivity index (χ0n) is 12.6. The van der Waals surface area contributed by atoms with Gasteiger partial charge in [-0.25, -0.2) is 4.98 Å². The van der Waals surface area contributed by atoms with Gasteiger partial charge in [0, 0.05) is 19.5 Å². The van der Waals surface area contributed by atoms with Crippen molar-refractivity contribution in [3.8, 4) is 0 Å². The van der Waals surface area contributed by atoms with Crippen LogP contribution in [0.25, 0.3) is 11.0 Å². The second-order valence-corrected chi connectivity index (χ2v) is 5.35. The van der Waals surface area contributed by atoms with Crippen LogP contribution >= 0.6 is 0 Å². The number of carbonyl (C=O) groups is 1. The second-order valence-electron chi connectivity index (χ2n) is 5.35. The molecular formula is C18H19N3O. The van der Waals surface area contributed by atoms with E-state index in [1.807, 2.05) is 18.2 Å². The Kier molecular flexibility index (Phi) is 4.19. The van der Waals surface area contributed by atoms with Crippen molar-refractivity contribution in [2.45, 2.75) is 19.9 Å². The van der Waals surface area contributed by atoms with E-state index >= 15 is 0 Å². The highest BCUT2D eigenvalue weighted by atomic mass is 16.1. The molecule has 0 saturated carbocycles. The molecule has 0 aliphatic heterocycles. The Morgan fingerprint density at radius 2 is 1.91 bits per heavy atom. The molecule has 3 rings (SSSR count). The lowest BCUT2D eigenvalue weighted by atomic mass is 10.1. The molecule has 2 aromatic carbocycles. The van der Waals surface area contributed by atoms with Crippen molar-refractivity contribution in [2.24, 2.45) is 0 Å². The number of imidazole rings is 1. The van der Waals surface area contributed by atoms with Crippen molar-refractivity contribution in [1.29, 1.82) is 0 Å². The van der Waals surface area contributed by atoms with E-state index in [9.17, 15) is 4.79 Å². The number of nitrogens with one attached hydrogen (secondary N) is 1. The zero-order valence-corrected chi connectivity index (χ0v) is 12.6. The van der Waals surface area contributed by atoms with E-state index in [0.717, 1.165) is 36.2 Å². The first-order valence-electron chi connectivity index (χ1n) is 7.45. The second kappa shape index (κ2) is 6.43. The van der Waals surface area contributed by atoms with Crippen molar-refractivity contribution in [2.75, 3.05) is 6.54 Å². The van der Waals surface area contributed by atoms with E-state index in [0.29, 0.717) is 6.54 Å². The predicted octanol–water partition coefficient (Wildman–Crippen LogP) is 2.68. The molecule has 1 N–H and O–H groups in total. The maximum Gasteiger partial charge on any atom is 0.207 e. The fraction of sp³-hybridized carbons (Fsp3) is 0.222. The summed E-state index contributed by atoms with van der Waals surface area (Å²) in [6.45, 7) is 3.52. The lowest BCUT2D eigenvalue weighted by Crippen LogP contribution is -2.17. The Hall–Kier alpha value is -2.62. The summed E-state index contributed by atoms with van der Waals surface area (Å²) in [6.07, 6.45) is 1.45. The van der Waals surface area contributed by atoms with Gasteiger partial charge in [-0.2, -0.15) is 0 Å². The number of nitrogens with zero attached hydrogens (tertiary/aromatic N) is 2. The minimum Gasteiger partial charge on any atom is -0.358 e. The van der Waals surface area contributed by atoms with Crippen molar-refractivity contribution in [3.63, 3.8) is 0 Å². The van der Waals surface area contributed by atoms with Gasteiger partial charge in [0.05, 0.1) is 11.0 Å². The summed E-state index contributed by atoms with van der Waals surface area (Å²) in [5.74, 6) is 0.999. The van der Waals surface area contributed by atoms with Crippen LogP contribution in [0.4, 0.5) is 0 Å². The van der Waals surface area contributed by atoms with E-state index in [1.165, 1.54) is 11.1 Å². The molecule has 0 spiro atoms. The van der Waals surface area contributed by atoms with Crippen LogP contribution in [-0.2, 0) is 17.8 Å². The minimum absolute atomic E-state index is 0.598. The third-order valence-corrected chi connectivity index (χ3v) is 3.90. The minimum atomic E-state index is 0.598. The highest BCUT2D eigenvalue weighted by Crippen LogP contribution is 2.19. The number of para-hydroxylation sites is 2. The number of benzene rings is 2. The van der Waals surface area contributed by atoms with E-state index in [1.54, 1.807) is 0 Å². The SMILES string of the molecule is Cc1ccccc1Cn1c(CCNC=O)nc2ccccc21. The standard InChI is InChI=1S/C18H19N3O/c1-14-6-2-3-7-15(14)12-21-17-9-5-4-8-16(17)20-18(21)10-11-19-13-22/h2-9,13H,10-12H2,1H3,(H,19,22). The molecule has 0 atom stereocenters. The summed E-state index contributed by atoms with van der Waals surface area (Å²) >= 11 is 0. The van der Waals surface area contributed by atoms with Gasteiger partial charge in [0.1, 0.15) is 5.82 Å². The number of amides is 1. The third kappa shape index (κ3) is 2.86. The normalized spacial score (nSPS) is 10.8. The summed E-state index contributed by atoms with van der Waals surface area (Å²) in [5.41, 5.74) is 4.69. The van der Waals surface area contributed by atoms with Gasteiger partial charge in [0.15, 0.2) is 0 Å². The van der Waals surface area contributed by atoms with Gasteiger partial charge < -0.3 is 9.88 Å². The number of hydrogen-bond donors (Lipinski definition) is 1. The Bertz CT molecular complexity index is 792. The lowest BCUT2D eigenvalue weighted by Gasteiger charge is -2.11. The van der Waals surface area contributed by atoms with Crippen LogP contribution in [0.15, 0.2) is 48.5 Å². The summed E-state index contributed by atoms with van der Waals surface area (Å²) in [7, 11) is 0. The van der Waals surface area contributed by atoms with Crippen LogP contribution < -0.4 is 5.32 Å². The van der Waals surface area contributed by atoms with Crippen molar-refractivity contribution in [3.05, 3.63) is 65.5 Å². The molecule has 0 fully saturated rings. The lowest BCUT2D eigenvalue weighted by molar-refractivity contribution is -0.109. The van der Waals surface area contributed by atoms with Crippen molar-refractivity contribution < 1.29 is 4.79 Å². The molecule has 4 nitrogen and oxygen atoms in total. The van der Waals surface area contributed by atoms with Gasteiger partial charge in [0.2, 0.25) is 6.41 Å². The molecule has 0 aliphatic rings. The molecule has 0 aliphatic carbocycles. The smallest absolute Gasteiger partial charge is 0.207 e. The molecule has 0 bridgehead atoms. The van der Waals surface area contributed by atoms with Crippen LogP contribution in [0.5, 0.6) is 0 Å². The number of rotatable bonds is 6. The molecule has 1 amide bonds. The van der Waals surface area contributed by atoms with Crippen molar-refractivity contribution in [1.82, 2.24) is 14.9 Å². The summed E-state index contributed by atoms with van der Waals surface area (Å²) in [6, 6.07) is 16.6. The van der Waals surface area contributed by atoms with Gasteiger partial charge >= 0.3 is 0 Å². The van der Waals surface area contributed by atoms with Crippen LogP contribution in [0, 0.1) is 6.92 Å². The van der Waals surface area contributed by atoms with Crippen LogP contribution in [0.3, 0.4) is 0 Å². The Labute approximate surface area is 129 Å². The largest absolute Gasteiger partial charge is 0.358 e. The molecule has 22 heavy (non-hydrogen) atoms. The van der Waals surface area contributed by atoms with E-state index in [4.69, 9.17) is 4.98 Å². The van der Waals surface area contributed by atoms with E-state index in [2.05, 4.69) is 47.1 Å².